The molecule has 3 aliphatic rings. The van der Waals surface area contributed by atoms with Gasteiger partial charge in [-0.2, -0.15) is 0 Å². The highest BCUT2D eigenvalue weighted by molar-refractivity contribution is 7.99. The normalized spacial score (nSPS) is 37.6. The molecular formula is C18H22O2S. The van der Waals surface area contributed by atoms with Gasteiger partial charge in [0.25, 0.3) is 0 Å². The van der Waals surface area contributed by atoms with Crippen molar-refractivity contribution in [2.45, 2.75) is 43.4 Å². The molecule has 0 N–H and O–H groups in total. The predicted octanol–water partition coefficient (Wildman–Crippen LogP) is 4.28. The van der Waals surface area contributed by atoms with Crippen molar-refractivity contribution in [2.24, 2.45) is 17.3 Å². The van der Waals surface area contributed by atoms with Crippen molar-refractivity contribution in [3.05, 3.63) is 23.8 Å². The minimum Gasteiger partial charge on any atom is -0.497 e. The number of ketones is 1. The van der Waals surface area contributed by atoms with E-state index in [1.165, 1.54) is 22.6 Å². The van der Waals surface area contributed by atoms with E-state index in [4.69, 9.17) is 4.74 Å². The predicted molar refractivity (Wildman–Crippen MR) is 85.0 cm³/mol. The number of ether oxygens (including phenoxy) is 1. The maximum absolute atomic E-state index is 12.3. The van der Waals surface area contributed by atoms with E-state index in [1.54, 1.807) is 7.11 Å². The van der Waals surface area contributed by atoms with E-state index in [9.17, 15) is 4.79 Å². The number of methoxy groups -OCH3 is 1. The number of rotatable bonds is 1. The Balaban J connectivity index is 1.70. The van der Waals surface area contributed by atoms with Gasteiger partial charge >= 0.3 is 0 Å². The molecule has 4 rings (SSSR count). The number of carbonyl (C=O) groups excluding carboxylic acids is 1. The number of thioether (sulfide) groups is 1. The molecule has 0 bridgehead atoms. The Morgan fingerprint density at radius 1 is 1.33 bits per heavy atom. The second-order valence-electron chi connectivity index (χ2n) is 7.01. The molecule has 2 fully saturated rings. The van der Waals surface area contributed by atoms with Crippen molar-refractivity contribution >= 4 is 17.5 Å². The molecule has 0 aromatic heterocycles. The quantitative estimate of drug-likeness (QED) is 0.774. The highest BCUT2D eigenvalue weighted by Gasteiger charge is 2.54. The third kappa shape index (κ3) is 1.89. The van der Waals surface area contributed by atoms with E-state index in [-0.39, 0.29) is 5.41 Å². The minimum atomic E-state index is -0.0221. The summed E-state index contributed by atoms with van der Waals surface area (Å²) in [7, 11) is 1.73. The molecule has 1 heterocycles. The number of carbonyl (C=O) groups is 1. The van der Waals surface area contributed by atoms with E-state index in [2.05, 4.69) is 25.1 Å². The number of benzene rings is 1. The number of Topliss-reactive ketones (excluding diaryl/α,β-unsaturated/α-hetero) is 1. The maximum Gasteiger partial charge on any atom is 0.139 e. The summed E-state index contributed by atoms with van der Waals surface area (Å²) in [6.45, 7) is 2.23. The zero-order chi connectivity index (χ0) is 14.6. The fraction of sp³-hybridized carbons (Fsp3) is 0.611. The second kappa shape index (κ2) is 4.77. The fourth-order valence-electron chi connectivity index (χ4n) is 4.94. The summed E-state index contributed by atoms with van der Waals surface area (Å²) in [6.07, 6.45) is 4.17. The lowest BCUT2D eigenvalue weighted by molar-refractivity contribution is -0.128. The summed E-state index contributed by atoms with van der Waals surface area (Å²) in [5.74, 6) is 4.58. The van der Waals surface area contributed by atoms with Crippen LogP contribution in [-0.4, -0.2) is 18.6 Å². The highest BCUT2D eigenvalue weighted by atomic mass is 32.2. The first-order chi connectivity index (χ1) is 10.1. The van der Waals surface area contributed by atoms with Gasteiger partial charge in [-0.15, -0.1) is 11.8 Å². The monoisotopic (exact) mass is 302 g/mol. The molecule has 112 valence electrons. The third-order valence-corrected chi connectivity index (χ3v) is 7.41. The zero-order valence-corrected chi connectivity index (χ0v) is 13.5. The average Bonchev–Trinajstić information content (AvgIpc) is 2.82. The van der Waals surface area contributed by atoms with Crippen LogP contribution in [0.2, 0.25) is 0 Å². The van der Waals surface area contributed by atoms with Crippen molar-refractivity contribution in [3.8, 4) is 5.75 Å². The first-order valence-corrected chi connectivity index (χ1v) is 8.96. The van der Waals surface area contributed by atoms with Gasteiger partial charge in [0.1, 0.15) is 11.5 Å². The summed E-state index contributed by atoms with van der Waals surface area (Å²) in [6, 6.07) is 6.54. The molecule has 1 aromatic rings. The van der Waals surface area contributed by atoms with Gasteiger partial charge in [-0.3, -0.25) is 4.79 Å². The van der Waals surface area contributed by atoms with E-state index in [0.717, 1.165) is 25.0 Å². The maximum atomic E-state index is 12.3. The lowest BCUT2D eigenvalue weighted by atomic mass is 9.59. The Bertz CT molecular complexity index is 597. The Morgan fingerprint density at radius 2 is 2.19 bits per heavy atom. The van der Waals surface area contributed by atoms with Crippen molar-refractivity contribution in [1.29, 1.82) is 0 Å². The van der Waals surface area contributed by atoms with E-state index in [0.29, 0.717) is 23.5 Å². The van der Waals surface area contributed by atoms with Gasteiger partial charge in [-0.25, -0.2) is 0 Å². The standard InChI is InChI=1S/C18H22O2S/c1-18-8-7-12-13-4-3-11(20-2)9-16(13)21-10-14(12)15(18)5-6-17(18)19/h3-4,9,12,14-15H,5-8,10H2,1-2H3. The van der Waals surface area contributed by atoms with Gasteiger partial charge in [0.05, 0.1) is 7.11 Å². The summed E-state index contributed by atoms with van der Waals surface area (Å²) < 4.78 is 5.36. The molecule has 0 spiro atoms. The van der Waals surface area contributed by atoms with Crippen molar-refractivity contribution in [1.82, 2.24) is 0 Å². The first kappa shape index (κ1) is 13.7. The van der Waals surface area contributed by atoms with Crippen LogP contribution in [-0.2, 0) is 4.79 Å². The second-order valence-corrected chi connectivity index (χ2v) is 8.07. The smallest absolute Gasteiger partial charge is 0.139 e. The van der Waals surface area contributed by atoms with Gasteiger partial charge in [-0.05, 0) is 54.7 Å². The van der Waals surface area contributed by atoms with Gasteiger partial charge in [-0.1, -0.05) is 13.0 Å². The van der Waals surface area contributed by atoms with E-state index in [1.807, 2.05) is 11.8 Å². The van der Waals surface area contributed by atoms with Crippen LogP contribution in [0.4, 0.5) is 0 Å². The molecule has 0 radical (unpaired) electrons. The van der Waals surface area contributed by atoms with Gasteiger partial charge in [0, 0.05) is 22.5 Å². The summed E-state index contributed by atoms with van der Waals surface area (Å²) in [5, 5.41) is 0. The first-order valence-electron chi connectivity index (χ1n) is 7.97. The molecule has 4 atom stereocenters. The van der Waals surface area contributed by atoms with Crippen molar-refractivity contribution < 1.29 is 9.53 Å². The van der Waals surface area contributed by atoms with Crippen LogP contribution in [0.25, 0.3) is 0 Å². The molecule has 1 aliphatic heterocycles. The average molecular weight is 302 g/mol. The summed E-state index contributed by atoms with van der Waals surface area (Å²) in [4.78, 5) is 13.7. The molecule has 3 heteroatoms. The minimum absolute atomic E-state index is 0.0221. The third-order valence-electron chi connectivity index (χ3n) is 6.20. The Morgan fingerprint density at radius 3 is 3.00 bits per heavy atom. The molecule has 0 amide bonds. The van der Waals surface area contributed by atoms with Crippen LogP contribution in [0.5, 0.6) is 5.75 Å². The Kier molecular flexibility index (Phi) is 3.11. The van der Waals surface area contributed by atoms with Gasteiger partial charge < -0.3 is 4.74 Å². The van der Waals surface area contributed by atoms with Gasteiger partial charge in [0.15, 0.2) is 0 Å². The number of hydrogen-bond donors (Lipinski definition) is 0. The number of fused-ring (bicyclic) bond motifs is 5. The highest BCUT2D eigenvalue weighted by Crippen LogP contribution is 2.60. The topological polar surface area (TPSA) is 26.3 Å². The van der Waals surface area contributed by atoms with Crippen LogP contribution in [0, 0.1) is 17.3 Å². The lowest BCUT2D eigenvalue weighted by Gasteiger charge is -2.47. The van der Waals surface area contributed by atoms with Crippen LogP contribution in [0.1, 0.15) is 44.1 Å². The fourth-order valence-corrected chi connectivity index (χ4v) is 6.36. The molecular weight excluding hydrogens is 280 g/mol. The molecule has 0 saturated heterocycles. The lowest BCUT2D eigenvalue weighted by Crippen LogP contribution is -2.42. The number of hydrogen-bond acceptors (Lipinski definition) is 3. The van der Waals surface area contributed by atoms with Crippen LogP contribution in [0.3, 0.4) is 0 Å². The van der Waals surface area contributed by atoms with E-state index < -0.39 is 0 Å². The largest absolute Gasteiger partial charge is 0.497 e. The molecule has 2 aliphatic carbocycles. The van der Waals surface area contributed by atoms with Crippen LogP contribution < -0.4 is 4.74 Å². The summed E-state index contributed by atoms with van der Waals surface area (Å²) >= 11 is 1.96. The molecule has 1 aromatic carbocycles. The molecule has 4 unspecified atom stereocenters. The van der Waals surface area contributed by atoms with Crippen molar-refractivity contribution in [3.63, 3.8) is 0 Å². The Hall–Kier alpha value is -0.960. The molecule has 21 heavy (non-hydrogen) atoms. The Labute approximate surface area is 130 Å². The van der Waals surface area contributed by atoms with Crippen LogP contribution in [0.15, 0.2) is 23.1 Å². The van der Waals surface area contributed by atoms with Gasteiger partial charge in [0.2, 0.25) is 0 Å². The van der Waals surface area contributed by atoms with E-state index >= 15 is 0 Å². The molecule has 2 saturated carbocycles. The van der Waals surface area contributed by atoms with Crippen LogP contribution >= 0.6 is 11.8 Å². The molecule has 2 nitrogen and oxygen atoms in total. The SMILES string of the molecule is COc1ccc2c(c1)SCC1C2CCC2(C)C(=O)CCC12. The van der Waals surface area contributed by atoms with Crippen molar-refractivity contribution in [2.75, 3.05) is 12.9 Å². The summed E-state index contributed by atoms with van der Waals surface area (Å²) in [5.41, 5.74) is 1.48. The zero-order valence-electron chi connectivity index (χ0n) is 12.7.